The van der Waals surface area contributed by atoms with Crippen molar-refractivity contribution in [3.8, 4) is 5.75 Å². The van der Waals surface area contributed by atoms with Crippen molar-refractivity contribution in [3.63, 3.8) is 0 Å². The standard InChI is InChI=1S/C14H21NO3S/c1-11-9-13(7-8-14(11)19(15,16)17)18-10-12-5-3-2-4-6-12/h7-9,12H,2-6,10H2,1H3,(H2,15,16,17). The summed E-state index contributed by atoms with van der Waals surface area (Å²) < 4.78 is 28.4. The van der Waals surface area contributed by atoms with Crippen LogP contribution in [0.1, 0.15) is 37.7 Å². The number of benzene rings is 1. The SMILES string of the molecule is Cc1cc(OCC2CCCCC2)ccc1S(N)(=O)=O. The average molecular weight is 283 g/mol. The fourth-order valence-corrected chi connectivity index (χ4v) is 3.36. The molecule has 1 aromatic rings. The maximum Gasteiger partial charge on any atom is 0.238 e. The van der Waals surface area contributed by atoms with E-state index >= 15 is 0 Å². The smallest absolute Gasteiger partial charge is 0.238 e. The highest BCUT2D eigenvalue weighted by molar-refractivity contribution is 7.89. The van der Waals surface area contributed by atoms with Crippen molar-refractivity contribution < 1.29 is 13.2 Å². The van der Waals surface area contributed by atoms with Gasteiger partial charge in [-0.05, 0) is 49.4 Å². The number of aryl methyl sites for hydroxylation is 1. The van der Waals surface area contributed by atoms with Gasteiger partial charge in [0.15, 0.2) is 0 Å². The Balaban J connectivity index is 2.00. The molecule has 0 heterocycles. The lowest BCUT2D eigenvalue weighted by atomic mass is 9.90. The molecule has 19 heavy (non-hydrogen) atoms. The van der Waals surface area contributed by atoms with Crippen LogP contribution in [-0.4, -0.2) is 15.0 Å². The fourth-order valence-electron chi connectivity index (χ4n) is 2.60. The van der Waals surface area contributed by atoms with E-state index in [1.54, 1.807) is 19.1 Å². The fraction of sp³-hybridized carbons (Fsp3) is 0.571. The van der Waals surface area contributed by atoms with Crippen molar-refractivity contribution in [2.24, 2.45) is 11.1 Å². The Bertz CT molecular complexity index is 534. The number of ether oxygens (including phenoxy) is 1. The van der Waals surface area contributed by atoms with Crippen LogP contribution in [0.25, 0.3) is 0 Å². The number of nitrogens with two attached hydrogens (primary N) is 1. The number of rotatable bonds is 4. The van der Waals surface area contributed by atoms with E-state index in [1.807, 2.05) is 0 Å². The van der Waals surface area contributed by atoms with E-state index in [-0.39, 0.29) is 4.90 Å². The number of primary sulfonamides is 1. The van der Waals surface area contributed by atoms with Crippen molar-refractivity contribution >= 4 is 10.0 Å². The quantitative estimate of drug-likeness (QED) is 0.923. The van der Waals surface area contributed by atoms with Crippen LogP contribution < -0.4 is 9.88 Å². The monoisotopic (exact) mass is 283 g/mol. The lowest BCUT2D eigenvalue weighted by Crippen LogP contribution is -2.16. The van der Waals surface area contributed by atoms with Crippen LogP contribution in [0.5, 0.6) is 5.75 Å². The molecule has 1 saturated carbocycles. The highest BCUT2D eigenvalue weighted by Gasteiger charge is 2.15. The van der Waals surface area contributed by atoms with Gasteiger partial charge in [0.1, 0.15) is 5.75 Å². The molecule has 0 saturated heterocycles. The summed E-state index contributed by atoms with van der Waals surface area (Å²) in [6.45, 7) is 2.45. The molecule has 0 atom stereocenters. The van der Waals surface area contributed by atoms with Gasteiger partial charge in [-0.25, -0.2) is 13.6 Å². The van der Waals surface area contributed by atoms with Crippen molar-refractivity contribution in [2.75, 3.05) is 6.61 Å². The third-order valence-electron chi connectivity index (χ3n) is 3.66. The highest BCUT2D eigenvalue weighted by atomic mass is 32.2. The number of hydrogen-bond acceptors (Lipinski definition) is 3. The van der Waals surface area contributed by atoms with Gasteiger partial charge in [-0.15, -0.1) is 0 Å². The normalized spacial score (nSPS) is 17.4. The molecule has 1 aliphatic carbocycles. The van der Waals surface area contributed by atoms with E-state index in [9.17, 15) is 8.42 Å². The van der Waals surface area contributed by atoms with Gasteiger partial charge in [0.25, 0.3) is 0 Å². The Kier molecular flexibility index (Phi) is 4.47. The molecule has 1 aromatic carbocycles. The van der Waals surface area contributed by atoms with E-state index in [4.69, 9.17) is 9.88 Å². The van der Waals surface area contributed by atoms with E-state index < -0.39 is 10.0 Å². The molecule has 0 unspecified atom stereocenters. The predicted molar refractivity (Wildman–Crippen MR) is 74.6 cm³/mol. The largest absolute Gasteiger partial charge is 0.493 e. The van der Waals surface area contributed by atoms with Crippen LogP contribution in [0.2, 0.25) is 0 Å². The Morgan fingerprint density at radius 2 is 1.95 bits per heavy atom. The molecule has 1 aliphatic rings. The van der Waals surface area contributed by atoms with Gasteiger partial charge in [-0.1, -0.05) is 19.3 Å². The summed E-state index contributed by atoms with van der Waals surface area (Å²) in [5.41, 5.74) is 0.628. The van der Waals surface area contributed by atoms with Gasteiger partial charge in [-0.3, -0.25) is 0 Å². The van der Waals surface area contributed by atoms with Gasteiger partial charge in [0, 0.05) is 0 Å². The highest BCUT2D eigenvalue weighted by Crippen LogP contribution is 2.25. The van der Waals surface area contributed by atoms with Gasteiger partial charge in [0.2, 0.25) is 10.0 Å². The minimum atomic E-state index is -3.64. The number of hydrogen-bond donors (Lipinski definition) is 1. The summed E-state index contributed by atoms with van der Waals surface area (Å²) in [4.78, 5) is 0.164. The molecule has 2 rings (SSSR count). The van der Waals surface area contributed by atoms with Crippen molar-refractivity contribution in [3.05, 3.63) is 23.8 Å². The van der Waals surface area contributed by atoms with Crippen LogP contribution in [0, 0.1) is 12.8 Å². The summed E-state index contributed by atoms with van der Waals surface area (Å²) >= 11 is 0. The molecule has 4 nitrogen and oxygen atoms in total. The second kappa shape index (κ2) is 5.92. The zero-order chi connectivity index (χ0) is 13.9. The first-order chi connectivity index (χ1) is 8.97. The second-order valence-corrected chi connectivity index (χ2v) is 6.82. The van der Waals surface area contributed by atoms with Gasteiger partial charge in [0.05, 0.1) is 11.5 Å². The van der Waals surface area contributed by atoms with Crippen molar-refractivity contribution in [1.29, 1.82) is 0 Å². The Labute approximate surface area is 115 Å². The van der Waals surface area contributed by atoms with Crippen LogP contribution >= 0.6 is 0 Å². The first-order valence-corrected chi connectivity index (χ1v) is 8.28. The summed E-state index contributed by atoms with van der Waals surface area (Å²) in [6, 6.07) is 4.93. The maximum atomic E-state index is 11.3. The zero-order valence-electron chi connectivity index (χ0n) is 11.3. The minimum Gasteiger partial charge on any atom is -0.493 e. The molecule has 2 N–H and O–H groups in total. The molecule has 1 fully saturated rings. The Morgan fingerprint density at radius 3 is 2.53 bits per heavy atom. The van der Waals surface area contributed by atoms with Gasteiger partial charge >= 0.3 is 0 Å². The molecule has 0 bridgehead atoms. The third kappa shape index (κ3) is 3.94. The van der Waals surface area contributed by atoms with Crippen LogP contribution in [-0.2, 0) is 10.0 Å². The van der Waals surface area contributed by atoms with E-state index in [0.29, 0.717) is 18.1 Å². The molecule has 5 heteroatoms. The topological polar surface area (TPSA) is 69.4 Å². The van der Waals surface area contributed by atoms with E-state index in [1.165, 1.54) is 38.2 Å². The zero-order valence-corrected chi connectivity index (χ0v) is 12.1. The lowest BCUT2D eigenvalue weighted by molar-refractivity contribution is 0.208. The lowest BCUT2D eigenvalue weighted by Gasteiger charge is -2.21. The van der Waals surface area contributed by atoms with Gasteiger partial charge < -0.3 is 4.74 Å². The molecule has 0 radical (unpaired) electrons. The molecule has 0 spiro atoms. The molecule has 0 amide bonds. The average Bonchev–Trinajstić information content (AvgIpc) is 2.36. The van der Waals surface area contributed by atoms with Crippen molar-refractivity contribution in [1.82, 2.24) is 0 Å². The van der Waals surface area contributed by atoms with E-state index in [0.717, 1.165) is 5.75 Å². The Morgan fingerprint density at radius 1 is 1.26 bits per heavy atom. The summed E-state index contributed by atoms with van der Waals surface area (Å²) in [6.07, 6.45) is 6.37. The van der Waals surface area contributed by atoms with Crippen LogP contribution in [0.15, 0.2) is 23.1 Å². The maximum absolute atomic E-state index is 11.3. The van der Waals surface area contributed by atoms with E-state index in [2.05, 4.69) is 0 Å². The molecule has 0 aromatic heterocycles. The second-order valence-electron chi connectivity index (χ2n) is 5.29. The number of sulfonamides is 1. The van der Waals surface area contributed by atoms with Crippen LogP contribution in [0.3, 0.4) is 0 Å². The van der Waals surface area contributed by atoms with Gasteiger partial charge in [-0.2, -0.15) is 0 Å². The first kappa shape index (κ1) is 14.3. The molecule has 0 aliphatic heterocycles. The molecular formula is C14H21NO3S. The Hall–Kier alpha value is -1.07. The summed E-state index contributed by atoms with van der Waals surface area (Å²) in [7, 11) is -3.64. The first-order valence-electron chi connectivity index (χ1n) is 6.73. The summed E-state index contributed by atoms with van der Waals surface area (Å²) in [5.74, 6) is 1.35. The summed E-state index contributed by atoms with van der Waals surface area (Å²) in [5, 5.41) is 5.13. The van der Waals surface area contributed by atoms with Crippen molar-refractivity contribution in [2.45, 2.75) is 43.9 Å². The minimum absolute atomic E-state index is 0.164. The van der Waals surface area contributed by atoms with Crippen LogP contribution in [0.4, 0.5) is 0 Å². The third-order valence-corrected chi connectivity index (χ3v) is 4.73. The molecule has 106 valence electrons. The molecular weight excluding hydrogens is 262 g/mol. The predicted octanol–water partition coefficient (Wildman–Crippen LogP) is 2.60.